The van der Waals surface area contributed by atoms with Crippen molar-refractivity contribution in [2.24, 2.45) is 0 Å². The third kappa shape index (κ3) is 15.1. The second-order valence-electron chi connectivity index (χ2n) is 16.4. The first-order valence-electron chi connectivity index (χ1n) is 22.1. The molecule has 0 aliphatic heterocycles. The van der Waals surface area contributed by atoms with Crippen LogP contribution in [0.4, 0.5) is 35.9 Å². The van der Waals surface area contributed by atoms with Crippen molar-refractivity contribution in [1.82, 2.24) is 21.6 Å². The summed E-state index contributed by atoms with van der Waals surface area (Å²) >= 11 is 0. The number of benzene rings is 4. The highest BCUT2D eigenvalue weighted by atomic mass is 19.4. The Morgan fingerprint density at radius 3 is 1.59 bits per heavy atom. The highest BCUT2D eigenvalue weighted by molar-refractivity contribution is 5.95. The first-order valence-corrected chi connectivity index (χ1v) is 22.1. The Labute approximate surface area is 374 Å². The van der Waals surface area contributed by atoms with Crippen molar-refractivity contribution in [2.45, 2.75) is 109 Å². The van der Waals surface area contributed by atoms with Crippen molar-refractivity contribution >= 4 is 46.4 Å². The molecule has 0 aliphatic carbocycles. The molecule has 0 spiro atoms. The lowest BCUT2D eigenvalue weighted by Gasteiger charge is -2.32. The number of anilines is 4. The zero-order chi connectivity index (χ0) is 46.6. The monoisotopic (exact) mass is 888 g/mol. The summed E-state index contributed by atoms with van der Waals surface area (Å²) in [6, 6.07) is 25.6. The Kier molecular flexibility index (Phi) is 20.1. The van der Waals surface area contributed by atoms with Crippen molar-refractivity contribution in [3.63, 3.8) is 0 Å². The standard InChI is InChI=1S/C49H63F3N6O6/c1-34(2)40-16-15-17-41(46(40)57(4)38-26-22-36(23-27-38)47(61)53-31-13-7-5-9-20-44(59)55-63)35(3)30-33-58(43-19-12-11-18-42(43)49(50,51)52)39-28-24-37(25-29-39)48(62)54-32-14-8-6-10-21-45(60)56-64/h11-12,15-19,22-29,34-35,63-64H,5-10,13-14,20-21,30-33H2,1-4H3,(H,53,61)(H,54,62)(H,55,59)(H,56,60). The number of hydroxylamine groups is 2. The van der Waals surface area contributed by atoms with E-state index in [0.29, 0.717) is 55.6 Å². The van der Waals surface area contributed by atoms with Gasteiger partial charge in [0, 0.05) is 67.7 Å². The normalized spacial score (nSPS) is 11.8. The van der Waals surface area contributed by atoms with E-state index in [9.17, 15) is 32.3 Å². The highest BCUT2D eigenvalue weighted by Crippen LogP contribution is 2.42. The highest BCUT2D eigenvalue weighted by Gasteiger charge is 2.35. The average Bonchev–Trinajstić information content (AvgIpc) is 3.30. The number of unbranched alkanes of at least 4 members (excludes halogenated alkanes) is 6. The van der Waals surface area contributed by atoms with Gasteiger partial charge >= 0.3 is 6.18 Å². The average molecular weight is 889 g/mol. The van der Waals surface area contributed by atoms with E-state index < -0.39 is 23.6 Å². The summed E-state index contributed by atoms with van der Waals surface area (Å²) in [4.78, 5) is 52.0. The molecule has 4 rings (SSSR count). The number of amides is 4. The molecule has 1 unspecified atom stereocenters. The van der Waals surface area contributed by atoms with E-state index in [0.717, 1.165) is 60.7 Å². The molecule has 0 aliphatic rings. The molecule has 0 aromatic heterocycles. The number of hydrogen-bond acceptors (Lipinski definition) is 8. The maximum absolute atomic E-state index is 14.5. The van der Waals surface area contributed by atoms with Gasteiger partial charge in [-0.15, -0.1) is 0 Å². The number of para-hydroxylation sites is 2. The molecular formula is C49H63F3N6O6. The topological polar surface area (TPSA) is 163 Å². The molecule has 12 nitrogen and oxygen atoms in total. The molecule has 0 saturated carbocycles. The van der Waals surface area contributed by atoms with Crippen LogP contribution in [-0.4, -0.2) is 60.7 Å². The number of rotatable bonds is 25. The van der Waals surface area contributed by atoms with Gasteiger partial charge in [0.1, 0.15) is 0 Å². The Balaban J connectivity index is 1.49. The van der Waals surface area contributed by atoms with Crippen molar-refractivity contribution in [3.05, 3.63) is 119 Å². The van der Waals surface area contributed by atoms with Crippen molar-refractivity contribution in [2.75, 3.05) is 36.5 Å². The van der Waals surface area contributed by atoms with E-state index in [1.165, 1.54) is 12.1 Å². The summed E-state index contributed by atoms with van der Waals surface area (Å²) in [5.41, 5.74) is 7.88. The van der Waals surface area contributed by atoms with Gasteiger partial charge in [0.2, 0.25) is 11.8 Å². The quantitative estimate of drug-likeness (QED) is 0.0218. The molecule has 4 aromatic rings. The number of carbonyl (C=O) groups is 4. The number of halogens is 3. The van der Waals surface area contributed by atoms with Gasteiger partial charge < -0.3 is 20.4 Å². The molecular weight excluding hydrogens is 826 g/mol. The summed E-state index contributed by atoms with van der Waals surface area (Å²) in [5.74, 6) is -1.28. The van der Waals surface area contributed by atoms with Crippen LogP contribution in [0.25, 0.3) is 0 Å². The van der Waals surface area contributed by atoms with Crippen LogP contribution in [-0.2, 0) is 15.8 Å². The number of hydrogen-bond donors (Lipinski definition) is 6. The molecule has 15 heteroatoms. The molecule has 0 bridgehead atoms. The molecule has 0 saturated heterocycles. The van der Waals surface area contributed by atoms with Crippen LogP contribution in [0.2, 0.25) is 0 Å². The molecule has 4 amide bonds. The minimum Gasteiger partial charge on any atom is -0.352 e. The fourth-order valence-corrected chi connectivity index (χ4v) is 7.65. The zero-order valence-electron chi connectivity index (χ0n) is 37.3. The van der Waals surface area contributed by atoms with Gasteiger partial charge in [-0.25, -0.2) is 11.0 Å². The van der Waals surface area contributed by atoms with Gasteiger partial charge in [0.25, 0.3) is 11.8 Å². The van der Waals surface area contributed by atoms with Gasteiger partial charge in [0.15, 0.2) is 0 Å². The largest absolute Gasteiger partial charge is 0.418 e. The first-order chi connectivity index (χ1) is 30.7. The van der Waals surface area contributed by atoms with Crippen LogP contribution in [0.3, 0.4) is 0 Å². The Hall–Kier alpha value is -5.93. The van der Waals surface area contributed by atoms with Crippen LogP contribution in [0, 0.1) is 0 Å². The predicted octanol–water partition coefficient (Wildman–Crippen LogP) is 10.3. The predicted molar refractivity (Wildman–Crippen MR) is 244 cm³/mol. The third-order valence-corrected chi connectivity index (χ3v) is 11.3. The van der Waals surface area contributed by atoms with Gasteiger partial charge in [0.05, 0.1) is 11.3 Å². The molecule has 4 aromatic carbocycles. The lowest BCUT2D eigenvalue weighted by atomic mass is 9.89. The molecule has 1 atom stereocenters. The van der Waals surface area contributed by atoms with E-state index in [2.05, 4.69) is 48.4 Å². The van der Waals surface area contributed by atoms with Gasteiger partial charge in [-0.05, 0) is 116 Å². The van der Waals surface area contributed by atoms with E-state index in [1.54, 1.807) is 58.3 Å². The van der Waals surface area contributed by atoms with Crippen molar-refractivity contribution < 1.29 is 42.8 Å². The summed E-state index contributed by atoms with van der Waals surface area (Å²) in [6.07, 6.45) is 2.32. The Morgan fingerprint density at radius 1 is 0.609 bits per heavy atom. The fourth-order valence-electron chi connectivity index (χ4n) is 7.65. The fraction of sp³-hybridized carbons (Fsp3) is 0.429. The Morgan fingerprint density at radius 2 is 1.09 bits per heavy atom. The molecule has 6 N–H and O–H groups in total. The van der Waals surface area contributed by atoms with Crippen LogP contribution < -0.4 is 31.4 Å². The number of carbonyl (C=O) groups excluding carboxylic acids is 4. The zero-order valence-corrected chi connectivity index (χ0v) is 37.3. The molecule has 346 valence electrons. The summed E-state index contributed by atoms with van der Waals surface area (Å²) in [5, 5.41) is 23.1. The van der Waals surface area contributed by atoms with Gasteiger partial charge in [-0.2, -0.15) is 13.2 Å². The van der Waals surface area contributed by atoms with Crippen molar-refractivity contribution in [1.29, 1.82) is 0 Å². The number of nitrogens with zero attached hydrogens (tertiary/aromatic N) is 2. The smallest absolute Gasteiger partial charge is 0.352 e. The summed E-state index contributed by atoms with van der Waals surface area (Å²) in [6.45, 7) is 7.46. The molecule has 0 radical (unpaired) electrons. The Bertz CT molecular complexity index is 2110. The van der Waals surface area contributed by atoms with Gasteiger partial charge in [-0.1, -0.05) is 76.8 Å². The second kappa shape index (κ2) is 25.4. The van der Waals surface area contributed by atoms with Crippen LogP contribution in [0.5, 0.6) is 0 Å². The third-order valence-electron chi connectivity index (χ3n) is 11.3. The minimum absolute atomic E-state index is 0.0120. The maximum atomic E-state index is 14.5. The van der Waals surface area contributed by atoms with Crippen LogP contribution in [0.15, 0.2) is 91.0 Å². The van der Waals surface area contributed by atoms with E-state index in [4.69, 9.17) is 10.4 Å². The summed E-state index contributed by atoms with van der Waals surface area (Å²) in [7, 11) is 1.97. The second-order valence-corrected chi connectivity index (χ2v) is 16.4. The minimum atomic E-state index is -4.60. The SMILES string of the molecule is CC(C)c1cccc(C(C)CCN(c2ccc(C(=O)NCCCCCCC(=O)NO)cc2)c2ccccc2C(F)(F)F)c1N(C)c1ccc(C(=O)NCCCCCCC(=O)NO)cc1. The van der Waals surface area contributed by atoms with Crippen LogP contribution >= 0.6 is 0 Å². The van der Waals surface area contributed by atoms with E-state index in [-0.39, 0.29) is 48.7 Å². The lowest BCUT2D eigenvalue weighted by molar-refractivity contribution is -0.137. The number of nitrogens with one attached hydrogen (secondary N) is 4. The van der Waals surface area contributed by atoms with Crippen molar-refractivity contribution in [3.8, 4) is 0 Å². The number of alkyl halides is 3. The van der Waals surface area contributed by atoms with E-state index in [1.807, 2.05) is 25.2 Å². The molecule has 64 heavy (non-hydrogen) atoms. The van der Waals surface area contributed by atoms with Gasteiger partial charge in [-0.3, -0.25) is 29.6 Å². The van der Waals surface area contributed by atoms with E-state index >= 15 is 0 Å². The lowest BCUT2D eigenvalue weighted by Crippen LogP contribution is -2.25. The first kappa shape index (κ1) is 50.7. The maximum Gasteiger partial charge on any atom is 0.418 e. The molecule has 0 fully saturated rings. The van der Waals surface area contributed by atoms with Crippen LogP contribution in [0.1, 0.15) is 141 Å². The molecule has 0 heterocycles. The summed E-state index contributed by atoms with van der Waals surface area (Å²) < 4.78 is 43.5.